The van der Waals surface area contributed by atoms with Crippen LogP contribution < -0.4 is 10.1 Å². The van der Waals surface area contributed by atoms with Gasteiger partial charge in [0.1, 0.15) is 5.75 Å². The Labute approximate surface area is 119 Å². The molecule has 5 nitrogen and oxygen atoms in total. The van der Waals surface area contributed by atoms with Crippen molar-refractivity contribution in [1.29, 1.82) is 0 Å². The topological polar surface area (TPSA) is 58.6 Å². The van der Waals surface area contributed by atoms with Crippen LogP contribution >= 0.6 is 0 Å². The van der Waals surface area contributed by atoms with Gasteiger partial charge in [0.2, 0.25) is 5.91 Å². The molecule has 1 aromatic rings. The number of carbonyl (C=O) groups excluding carboxylic acids is 2. The fourth-order valence-corrected chi connectivity index (χ4v) is 1.78. The maximum atomic E-state index is 12.0. The summed E-state index contributed by atoms with van der Waals surface area (Å²) in [4.78, 5) is 25.3. The van der Waals surface area contributed by atoms with E-state index in [9.17, 15) is 9.59 Å². The van der Waals surface area contributed by atoms with Gasteiger partial charge in [-0.3, -0.25) is 14.5 Å². The maximum absolute atomic E-state index is 12.0. The number of ether oxygens (including phenoxy) is 1. The van der Waals surface area contributed by atoms with Crippen LogP contribution in [0.2, 0.25) is 0 Å². The van der Waals surface area contributed by atoms with Crippen molar-refractivity contribution >= 4 is 11.7 Å². The lowest BCUT2D eigenvalue weighted by Gasteiger charge is -2.16. The summed E-state index contributed by atoms with van der Waals surface area (Å²) in [5, 5.41) is 2.79. The summed E-state index contributed by atoms with van der Waals surface area (Å²) >= 11 is 0. The van der Waals surface area contributed by atoms with Crippen molar-refractivity contribution in [3.8, 4) is 5.75 Å². The summed E-state index contributed by atoms with van der Waals surface area (Å²) in [5.41, 5.74) is 0.613. The van der Waals surface area contributed by atoms with Gasteiger partial charge >= 0.3 is 0 Å². The van der Waals surface area contributed by atoms with E-state index in [-0.39, 0.29) is 30.8 Å². The van der Waals surface area contributed by atoms with Gasteiger partial charge in [-0.15, -0.1) is 0 Å². The van der Waals surface area contributed by atoms with Crippen molar-refractivity contribution in [2.75, 3.05) is 27.2 Å². The Bertz CT molecular complexity index is 455. The Morgan fingerprint density at radius 2 is 1.80 bits per heavy atom. The van der Waals surface area contributed by atoms with Crippen molar-refractivity contribution in [2.24, 2.45) is 0 Å². The second kappa shape index (κ2) is 7.65. The zero-order valence-corrected chi connectivity index (χ0v) is 12.5. The second-order valence-corrected chi connectivity index (χ2v) is 5.05. The van der Waals surface area contributed by atoms with Gasteiger partial charge in [0.15, 0.2) is 5.78 Å². The van der Waals surface area contributed by atoms with E-state index in [1.54, 1.807) is 43.3 Å². The predicted molar refractivity (Wildman–Crippen MR) is 78.1 cm³/mol. The summed E-state index contributed by atoms with van der Waals surface area (Å²) in [5.74, 6) is 0.615. The summed E-state index contributed by atoms with van der Waals surface area (Å²) in [6.45, 7) is 4.22. The molecule has 20 heavy (non-hydrogen) atoms. The van der Waals surface area contributed by atoms with E-state index in [0.717, 1.165) is 0 Å². The van der Waals surface area contributed by atoms with Crippen molar-refractivity contribution in [1.82, 2.24) is 10.2 Å². The van der Waals surface area contributed by atoms with Gasteiger partial charge in [-0.25, -0.2) is 0 Å². The number of amides is 1. The average molecular weight is 278 g/mol. The number of carbonyl (C=O) groups is 2. The minimum absolute atomic E-state index is 0.0208. The van der Waals surface area contributed by atoms with Gasteiger partial charge in [-0.05, 0) is 45.2 Å². The van der Waals surface area contributed by atoms with Crippen molar-refractivity contribution in [3.63, 3.8) is 0 Å². The first kappa shape index (κ1) is 16.2. The smallest absolute Gasteiger partial charge is 0.234 e. The number of ketones is 1. The van der Waals surface area contributed by atoms with Crippen LogP contribution in [-0.2, 0) is 4.79 Å². The van der Waals surface area contributed by atoms with E-state index in [2.05, 4.69) is 5.32 Å². The molecule has 0 unspecified atom stereocenters. The second-order valence-electron chi connectivity index (χ2n) is 5.05. The van der Waals surface area contributed by atoms with E-state index in [1.807, 2.05) is 13.8 Å². The van der Waals surface area contributed by atoms with Crippen molar-refractivity contribution in [2.45, 2.75) is 19.9 Å². The molecule has 0 spiro atoms. The largest absolute Gasteiger partial charge is 0.497 e. The number of methoxy groups -OCH3 is 1. The monoisotopic (exact) mass is 278 g/mol. The van der Waals surface area contributed by atoms with E-state index < -0.39 is 0 Å². The highest BCUT2D eigenvalue weighted by atomic mass is 16.5. The molecule has 0 saturated heterocycles. The third-order valence-corrected chi connectivity index (χ3v) is 2.69. The SMILES string of the molecule is COc1ccc(C(=O)CN(C)CC(=O)NC(C)C)cc1. The fourth-order valence-electron chi connectivity index (χ4n) is 1.78. The molecule has 0 heterocycles. The lowest BCUT2D eigenvalue weighted by atomic mass is 10.1. The number of likely N-dealkylation sites (N-methyl/N-ethyl adjacent to an activating group) is 1. The summed E-state index contributed by atoms with van der Waals surface area (Å²) in [6.07, 6.45) is 0. The molecule has 0 aromatic heterocycles. The van der Waals surface area contributed by atoms with Crippen molar-refractivity contribution in [3.05, 3.63) is 29.8 Å². The molecule has 110 valence electrons. The Kier molecular flexibility index (Phi) is 6.18. The third kappa shape index (κ3) is 5.40. The third-order valence-electron chi connectivity index (χ3n) is 2.69. The first-order chi connectivity index (χ1) is 9.42. The molecular weight excluding hydrogens is 256 g/mol. The Hall–Kier alpha value is -1.88. The van der Waals surface area contributed by atoms with Crippen LogP contribution in [0.5, 0.6) is 5.75 Å². The molecule has 1 N–H and O–H groups in total. The lowest BCUT2D eigenvalue weighted by Crippen LogP contribution is -2.40. The van der Waals surface area contributed by atoms with E-state index >= 15 is 0 Å². The highest BCUT2D eigenvalue weighted by Crippen LogP contribution is 2.11. The van der Waals surface area contributed by atoms with Gasteiger partial charge in [0, 0.05) is 11.6 Å². The minimum Gasteiger partial charge on any atom is -0.497 e. The van der Waals surface area contributed by atoms with Gasteiger partial charge in [0.05, 0.1) is 20.2 Å². The molecule has 0 saturated carbocycles. The number of benzene rings is 1. The van der Waals surface area contributed by atoms with E-state index in [4.69, 9.17) is 4.74 Å². The number of hydrogen-bond acceptors (Lipinski definition) is 4. The Morgan fingerprint density at radius 3 is 2.30 bits per heavy atom. The normalized spacial score (nSPS) is 10.7. The van der Waals surface area contributed by atoms with Crippen LogP contribution in [-0.4, -0.2) is 49.9 Å². The van der Waals surface area contributed by atoms with Crippen molar-refractivity contribution < 1.29 is 14.3 Å². The first-order valence-electron chi connectivity index (χ1n) is 6.57. The van der Waals surface area contributed by atoms with Gasteiger partial charge in [-0.1, -0.05) is 0 Å². The summed E-state index contributed by atoms with van der Waals surface area (Å²) in [7, 11) is 3.33. The zero-order chi connectivity index (χ0) is 15.1. The molecule has 0 aliphatic carbocycles. The number of Topliss-reactive ketones (excluding diaryl/α,β-unsaturated/α-hetero) is 1. The van der Waals surface area contributed by atoms with Crippen LogP contribution in [0.15, 0.2) is 24.3 Å². The summed E-state index contributed by atoms with van der Waals surface area (Å²) in [6, 6.07) is 7.05. The van der Waals surface area contributed by atoms with E-state index in [1.165, 1.54) is 0 Å². The first-order valence-corrected chi connectivity index (χ1v) is 6.57. The van der Waals surface area contributed by atoms with Crippen LogP contribution in [0.3, 0.4) is 0 Å². The molecule has 1 amide bonds. The van der Waals surface area contributed by atoms with E-state index in [0.29, 0.717) is 11.3 Å². The molecule has 0 bridgehead atoms. The fraction of sp³-hybridized carbons (Fsp3) is 0.467. The molecule has 0 radical (unpaired) electrons. The Morgan fingerprint density at radius 1 is 1.20 bits per heavy atom. The molecule has 0 atom stereocenters. The minimum atomic E-state index is -0.0787. The van der Waals surface area contributed by atoms with Crippen LogP contribution in [0.1, 0.15) is 24.2 Å². The number of hydrogen-bond donors (Lipinski definition) is 1. The number of rotatable bonds is 7. The van der Waals surface area contributed by atoms with Crippen LogP contribution in [0.4, 0.5) is 0 Å². The molecule has 1 aromatic carbocycles. The molecule has 0 aliphatic rings. The molecule has 1 rings (SSSR count). The Balaban J connectivity index is 2.50. The number of nitrogens with zero attached hydrogens (tertiary/aromatic N) is 1. The highest BCUT2D eigenvalue weighted by molar-refractivity contribution is 5.97. The quantitative estimate of drug-likeness (QED) is 0.765. The van der Waals surface area contributed by atoms with Crippen LogP contribution in [0, 0.1) is 0 Å². The highest BCUT2D eigenvalue weighted by Gasteiger charge is 2.12. The van der Waals surface area contributed by atoms with Gasteiger partial charge < -0.3 is 10.1 Å². The average Bonchev–Trinajstić information content (AvgIpc) is 2.37. The zero-order valence-electron chi connectivity index (χ0n) is 12.5. The molecular formula is C15H22N2O3. The maximum Gasteiger partial charge on any atom is 0.234 e. The standard InChI is InChI=1S/C15H22N2O3/c1-11(2)16-15(19)10-17(3)9-14(18)12-5-7-13(20-4)8-6-12/h5-8,11H,9-10H2,1-4H3,(H,16,19). The van der Waals surface area contributed by atoms with Crippen LogP contribution in [0.25, 0.3) is 0 Å². The number of nitrogens with one attached hydrogen (secondary N) is 1. The molecule has 0 fully saturated rings. The summed E-state index contributed by atoms with van der Waals surface area (Å²) < 4.78 is 5.04. The predicted octanol–water partition coefficient (Wildman–Crippen LogP) is 1.33. The lowest BCUT2D eigenvalue weighted by molar-refractivity contribution is -0.122. The van der Waals surface area contributed by atoms with Gasteiger partial charge in [-0.2, -0.15) is 0 Å². The van der Waals surface area contributed by atoms with Gasteiger partial charge in [0.25, 0.3) is 0 Å². The molecule has 5 heteroatoms. The molecule has 0 aliphatic heterocycles.